The van der Waals surface area contributed by atoms with Crippen LogP contribution in [-0.4, -0.2) is 18.5 Å². The van der Waals surface area contributed by atoms with Crippen LogP contribution in [0.3, 0.4) is 0 Å². The number of para-hydroxylation sites is 1. The molecule has 0 radical (unpaired) electrons. The van der Waals surface area contributed by atoms with Crippen molar-refractivity contribution < 1.29 is 9.53 Å². The zero-order chi connectivity index (χ0) is 12.0. The average Bonchev–Trinajstić information content (AvgIpc) is 2.27. The van der Waals surface area contributed by atoms with Crippen molar-refractivity contribution in [3.05, 3.63) is 30.3 Å². The molecule has 0 aliphatic rings. The number of rotatable bonds is 4. The van der Waals surface area contributed by atoms with E-state index < -0.39 is 6.09 Å². The highest BCUT2D eigenvalue weighted by Gasteiger charge is 2.08. The number of ether oxygens (including phenoxy) is 1. The molecule has 1 atom stereocenters. The molecule has 0 fully saturated rings. The number of amidine groups is 1. The first-order valence-electron chi connectivity index (χ1n) is 4.94. The van der Waals surface area contributed by atoms with E-state index in [2.05, 4.69) is 5.32 Å². The summed E-state index contributed by atoms with van der Waals surface area (Å²) in [5.41, 5.74) is 5.27. The van der Waals surface area contributed by atoms with E-state index >= 15 is 0 Å². The summed E-state index contributed by atoms with van der Waals surface area (Å²) < 4.78 is 4.98. The lowest BCUT2D eigenvalue weighted by atomic mass is 10.2. The Kier molecular flexibility index (Phi) is 4.32. The van der Waals surface area contributed by atoms with Crippen LogP contribution in [0.2, 0.25) is 0 Å². The van der Waals surface area contributed by atoms with Gasteiger partial charge in [0.2, 0.25) is 0 Å². The van der Waals surface area contributed by atoms with Crippen LogP contribution >= 0.6 is 0 Å². The summed E-state index contributed by atoms with van der Waals surface area (Å²) >= 11 is 0. The Labute approximate surface area is 94.1 Å². The Morgan fingerprint density at radius 1 is 1.50 bits per heavy atom. The Bertz CT molecular complexity index is 365. The van der Waals surface area contributed by atoms with Crippen molar-refractivity contribution in [1.82, 2.24) is 5.32 Å². The smallest absolute Gasteiger partial charge is 0.410 e. The molecule has 0 aliphatic heterocycles. The molecule has 0 aliphatic carbocycles. The van der Waals surface area contributed by atoms with Crippen molar-refractivity contribution in [3.63, 3.8) is 0 Å². The number of carbonyl (C=O) groups is 1. The van der Waals surface area contributed by atoms with E-state index in [1.165, 1.54) is 0 Å². The molecule has 4 N–H and O–H groups in total. The van der Waals surface area contributed by atoms with Crippen LogP contribution in [0, 0.1) is 11.3 Å². The largest absolute Gasteiger partial charge is 0.412 e. The van der Waals surface area contributed by atoms with Crippen LogP contribution in [0.1, 0.15) is 6.92 Å². The van der Waals surface area contributed by atoms with E-state index in [-0.39, 0.29) is 11.8 Å². The van der Waals surface area contributed by atoms with Gasteiger partial charge in [-0.2, -0.15) is 0 Å². The van der Waals surface area contributed by atoms with E-state index in [0.29, 0.717) is 12.3 Å². The average molecular weight is 221 g/mol. The molecule has 0 heterocycles. The van der Waals surface area contributed by atoms with Gasteiger partial charge in [-0.3, -0.25) is 5.41 Å². The van der Waals surface area contributed by atoms with Gasteiger partial charge in [0.25, 0.3) is 0 Å². The van der Waals surface area contributed by atoms with Gasteiger partial charge >= 0.3 is 6.09 Å². The second-order valence-electron chi connectivity index (χ2n) is 3.44. The van der Waals surface area contributed by atoms with Crippen molar-refractivity contribution >= 4 is 11.9 Å². The first-order chi connectivity index (χ1) is 7.59. The molecule has 16 heavy (non-hydrogen) atoms. The molecule has 0 bridgehead atoms. The number of hydrogen-bond acceptors (Lipinski definition) is 3. The quantitative estimate of drug-likeness (QED) is 0.529. The predicted octanol–water partition coefficient (Wildman–Crippen LogP) is 1.35. The molecule has 1 rings (SSSR count). The zero-order valence-corrected chi connectivity index (χ0v) is 9.07. The van der Waals surface area contributed by atoms with E-state index in [9.17, 15) is 4.79 Å². The zero-order valence-electron chi connectivity index (χ0n) is 9.07. The maximum atomic E-state index is 11.3. The highest BCUT2D eigenvalue weighted by molar-refractivity contribution is 5.80. The summed E-state index contributed by atoms with van der Waals surface area (Å²) in [6, 6.07) is 8.77. The summed E-state index contributed by atoms with van der Waals surface area (Å²) in [4.78, 5) is 11.3. The third kappa shape index (κ3) is 4.00. The summed E-state index contributed by atoms with van der Waals surface area (Å²) in [7, 11) is 0. The van der Waals surface area contributed by atoms with Crippen LogP contribution in [0.15, 0.2) is 30.3 Å². The molecule has 1 aromatic carbocycles. The lowest BCUT2D eigenvalue weighted by molar-refractivity contribution is 0.200. The Balaban J connectivity index is 2.35. The van der Waals surface area contributed by atoms with Gasteiger partial charge in [0.1, 0.15) is 5.75 Å². The fraction of sp³-hybridized carbons (Fsp3) is 0.273. The van der Waals surface area contributed by atoms with Crippen LogP contribution < -0.4 is 15.8 Å². The minimum Gasteiger partial charge on any atom is -0.410 e. The summed E-state index contributed by atoms with van der Waals surface area (Å²) in [5.74, 6) is 0.332. The Morgan fingerprint density at radius 3 is 2.69 bits per heavy atom. The van der Waals surface area contributed by atoms with Crippen LogP contribution in [0.25, 0.3) is 0 Å². The predicted molar refractivity (Wildman–Crippen MR) is 61.5 cm³/mol. The van der Waals surface area contributed by atoms with Crippen LogP contribution in [0.5, 0.6) is 5.75 Å². The minimum atomic E-state index is -0.542. The van der Waals surface area contributed by atoms with Gasteiger partial charge < -0.3 is 15.8 Å². The number of benzene rings is 1. The molecule has 1 aromatic rings. The first-order valence-corrected chi connectivity index (χ1v) is 4.94. The lowest BCUT2D eigenvalue weighted by Gasteiger charge is -2.10. The van der Waals surface area contributed by atoms with Crippen LogP contribution in [0.4, 0.5) is 4.79 Å². The maximum absolute atomic E-state index is 11.3. The molecule has 1 amide bonds. The van der Waals surface area contributed by atoms with Crippen molar-refractivity contribution in [2.45, 2.75) is 6.92 Å². The molecular weight excluding hydrogens is 206 g/mol. The van der Waals surface area contributed by atoms with Gasteiger partial charge in [-0.1, -0.05) is 25.1 Å². The van der Waals surface area contributed by atoms with Gasteiger partial charge in [0.15, 0.2) is 0 Å². The molecule has 0 saturated heterocycles. The van der Waals surface area contributed by atoms with Gasteiger partial charge in [-0.25, -0.2) is 4.79 Å². The monoisotopic (exact) mass is 221 g/mol. The fourth-order valence-corrected chi connectivity index (χ4v) is 0.978. The highest BCUT2D eigenvalue weighted by atomic mass is 16.5. The van der Waals surface area contributed by atoms with E-state index in [1.807, 2.05) is 6.07 Å². The summed E-state index contributed by atoms with van der Waals surface area (Å²) in [5, 5.41) is 9.68. The van der Waals surface area contributed by atoms with Crippen molar-refractivity contribution in [2.24, 2.45) is 11.7 Å². The second-order valence-corrected chi connectivity index (χ2v) is 3.44. The van der Waals surface area contributed by atoms with E-state index in [1.54, 1.807) is 31.2 Å². The highest BCUT2D eigenvalue weighted by Crippen LogP contribution is 2.08. The van der Waals surface area contributed by atoms with Gasteiger partial charge in [0.05, 0.1) is 5.84 Å². The Hall–Kier alpha value is -2.04. The van der Waals surface area contributed by atoms with Crippen LogP contribution in [-0.2, 0) is 0 Å². The molecule has 5 nitrogen and oxygen atoms in total. The molecular formula is C11H15N3O2. The molecule has 1 unspecified atom stereocenters. The number of hydrogen-bond donors (Lipinski definition) is 3. The normalized spacial score (nSPS) is 11.6. The van der Waals surface area contributed by atoms with Crippen molar-refractivity contribution in [3.8, 4) is 5.75 Å². The number of nitrogens with two attached hydrogens (primary N) is 1. The molecule has 0 saturated carbocycles. The fourth-order valence-electron chi connectivity index (χ4n) is 0.978. The molecule has 86 valence electrons. The van der Waals surface area contributed by atoms with Crippen molar-refractivity contribution in [2.75, 3.05) is 6.54 Å². The lowest BCUT2D eigenvalue weighted by Crippen LogP contribution is -2.35. The van der Waals surface area contributed by atoms with Gasteiger partial charge in [-0.15, -0.1) is 0 Å². The third-order valence-corrected chi connectivity index (χ3v) is 2.04. The minimum absolute atomic E-state index is 0.0417. The number of amides is 1. The topological polar surface area (TPSA) is 88.2 Å². The molecule has 0 spiro atoms. The van der Waals surface area contributed by atoms with Crippen molar-refractivity contribution in [1.29, 1.82) is 5.41 Å². The van der Waals surface area contributed by atoms with E-state index in [0.717, 1.165) is 0 Å². The maximum Gasteiger partial charge on any atom is 0.412 e. The molecule has 5 heteroatoms. The molecule has 0 aromatic heterocycles. The summed E-state index contributed by atoms with van der Waals surface area (Å²) in [6.07, 6.45) is -0.542. The standard InChI is InChI=1S/C11H15N3O2/c1-8(10(12)13)7-14-11(15)16-9-5-3-2-4-6-9/h2-6,8H,7H2,1H3,(H3,12,13)(H,14,15). The number of carbonyl (C=O) groups excluding carboxylic acids is 1. The van der Waals surface area contributed by atoms with E-state index in [4.69, 9.17) is 15.9 Å². The SMILES string of the molecule is CC(CNC(=O)Oc1ccccc1)C(=N)N. The van der Waals surface area contributed by atoms with Gasteiger partial charge in [-0.05, 0) is 12.1 Å². The second kappa shape index (κ2) is 5.75. The first kappa shape index (κ1) is 12.0. The number of nitrogens with one attached hydrogen (secondary N) is 2. The Morgan fingerprint density at radius 2 is 2.12 bits per heavy atom. The summed E-state index contributed by atoms with van der Waals surface area (Å²) in [6.45, 7) is 2.05. The van der Waals surface area contributed by atoms with Gasteiger partial charge in [0, 0.05) is 12.5 Å². The third-order valence-electron chi connectivity index (χ3n) is 2.04.